The molecule has 0 saturated heterocycles. The number of thiophene rings is 1. The summed E-state index contributed by atoms with van der Waals surface area (Å²) < 4.78 is 0. The molecule has 0 aliphatic heterocycles. The molecule has 1 aromatic heterocycles. The number of nitrogens with one attached hydrogen (secondary N) is 1. The van der Waals surface area contributed by atoms with Crippen molar-refractivity contribution in [2.45, 2.75) is 0 Å². The largest absolute Gasteiger partial charge is 0.506 e. The molecule has 8 heteroatoms. The van der Waals surface area contributed by atoms with Crippen molar-refractivity contribution in [3.63, 3.8) is 0 Å². The highest BCUT2D eigenvalue weighted by atomic mass is 35.5. The van der Waals surface area contributed by atoms with E-state index in [0.717, 1.165) is 11.3 Å². The number of phenolic OH excluding ortho intramolecular Hbond substituents is 1. The maximum Gasteiger partial charge on any atom is 0.324 e. The highest BCUT2D eigenvalue weighted by molar-refractivity contribution is 7.16. The van der Waals surface area contributed by atoms with E-state index in [-0.39, 0.29) is 16.4 Å². The molecule has 1 heterocycles. The molecule has 1 aromatic carbocycles. The Morgan fingerprint density at radius 2 is 2.14 bits per heavy atom. The third-order valence-electron chi connectivity index (χ3n) is 2.41. The molecule has 0 fully saturated rings. The molecule has 21 heavy (non-hydrogen) atoms. The second kappa shape index (κ2) is 6.38. The number of carbonyl (C=O) groups is 1. The fraction of sp³-hybridized carbons (Fsp3) is 0. The van der Waals surface area contributed by atoms with Crippen molar-refractivity contribution in [2.24, 2.45) is 0 Å². The number of phenols is 1. The Hall–Kier alpha value is -2.38. The zero-order chi connectivity index (χ0) is 15.4. The molecule has 0 spiro atoms. The predicted molar refractivity (Wildman–Crippen MR) is 81.8 cm³/mol. The molecule has 2 N–H and O–H groups in total. The quantitative estimate of drug-likeness (QED) is 0.388. The fourth-order valence-electron chi connectivity index (χ4n) is 1.47. The maximum atomic E-state index is 11.7. The molecule has 0 saturated carbocycles. The van der Waals surface area contributed by atoms with Crippen LogP contribution in [0.25, 0.3) is 6.08 Å². The Morgan fingerprint density at radius 1 is 1.38 bits per heavy atom. The van der Waals surface area contributed by atoms with Gasteiger partial charge in [0.2, 0.25) is 5.91 Å². The second-order valence-electron chi connectivity index (χ2n) is 3.92. The highest BCUT2D eigenvalue weighted by Gasteiger charge is 2.08. The van der Waals surface area contributed by atoms with Crippen LogP contribution in [-0.4, -0.2) is 15.9 Å². The van der Waals surface area contributed by atoms with Crippen LogP contribution in [0.5, 0.6) is 5.75 Å². The summed E-state index contributed by atoms with van der Waals surface area (Å²) in [6.07, 6.45) is 2.67. The standard InChI is InChI=1S/C13H9ClN2O4S/c14-8-1-4-11(17)10(7-8)15-12(18)5-2-9-3-6-13(21-9)16(19)20/h1-7,17H,(H,15,18)/b5-2+. The van der Waals surface area contributed by atoms with Gasteiger partial charge in [-0.05, 0) is 30.3 Å². The number of hydrogen-bond donors (Lipinski definition) is 2. The van der Waals surface area contributed by atoms with Gasteiger partial charge in [-0.25, -0.2) is 0 Å². The number of nitrogens with zero attached hydrogens (tertiary/aromatic N) is 1. The van der Waals surface area contributed by atoms with Gasteiger partial charge in [0, 0.05) is 22.0 Å². The van der Waals surface area contributed by atoms with Crippen LogP contribution in [0.3, 0.4) is 0 Å². The summed E-state index contributed by atoms with van der Waals surface area (Å²) in [5.74, 6) is -0.587. The Morgan fingerprint density at radius 3 is 2.81 bits per heavy atom. The van der Waals surface area contributed by atoms with Crippen LogP contribution < -0.4 is 5.32 Å². The topological polar surface area (TPSA) is 92.5 Å². The van der Waals surface area contributed by atoms with E-state index in [1.54, 1.807) is 6.07 Å². The van der Waals surface area contributed by atoms with E-state index in [0.29, 0.717) is 9.90 Å². The van der Waals surface area contributed by atoms with E-state index in [1.165, 1.54) is 36.4 Å². The molecule has 0 aliphatic rings. The van der Waals surface area contributed by atoms with Crippen molar-refractivity contribution < 1.29 is 14.8 Å². The number of aromatic hydroxyl groups is 1. The second-order valence-corrected chi connectivity index (χ2v) is 5.45. The zero-order valence-corrected chi connectivity index (χ0v) is 12.0. The number of nitro groups is 1. The normalized spacial score (nSPS) is 10.7. The minimum absolute atomic E-state index is 0.00236. The van der Waals surface area contributed by atoms with Gasteiger partial charge in [0.15, 0.2) is 0 Å². The van der Waals surface area contributed by atoms with Gasteiger partial charge < -0.3 is 10.4 Å². The third kappa shape index (κ3) is 4.04. The molecule has 0 atom stereocenters. The summed E-state index contributed by atoms with van der Waals surface area (Å²) in [6, 6.07) is 7.19. The van der Waals surface area contributed by atoms with Crippen LogP contribution >= 0.6 is 22.9 Å². The molecule has 1 amide bonds. The first-order valence-electron chi connectivity index (χ1n) is 5.67. The van der Waals surface area contributed by atoms with Gasteiger partial charge in [-0.15, -0.1) is 0 Å². The molecule has 0 unspecified atom stereocenters. The lowest BCUT2D eigenvalue weighted by atomic mass is 10.3. The number of benzene rings is 1. The number of rotatable bonds is 4. The summed E-state index contributed by atoms with van der Waals surface area (Å²) in [7, 11) is 0. The average molecular weight is 325 g/mol. The van der Waals surface area contributed by atoms with Crippen molar-refractivity contribution in [2.75, 3.05) is 5.32 Å². The number of anilines is 1. The van der Waals surface area contributed by atoms with Crippen LogP contribution in [0.2, 0.25) is 5.02 Å². The van der Waals surface area contributed by atoms with Crippen molar-refractivity contribution in [3.05, 3.63) is 56.4 Å². The first-order chi connectivity index (χ1) is 9.95. The van der Waals surface area contributed by atoms with E-state index < -0.39 is 10.8 Å². The van der Waals surface area contributed by atoms with Gasteiger partial charge in [-0.3, -0.25) is 14.9 Å². The van der Waals surface area contributed by atoms with Crippen molar-refractivity contribution >= 4 is 45.6 Å². The van der Waals surface area contributed by atoms with Gasteiger partial charge >= 0.3 is 5.00 Å². The minimum atomic E-state index is -0.494. The Bertz CT molecular complexity index is 727. The maximum absolute atomic E-state index is 11.7. The highest BCUT2D eigenvalue weighted by Crippen LogP contribution is 2.27. The lowest BCUT2D eigenvalue weighted by molar-refractivity contribution is -0.380. The van der Waals surface area contributed by atoms with E-state index >= 15 is 0 Å². The minimum Gasteiger partial charge on any atom is -0.506 e. The zero-order valence-electron chi connectivity index (χ0n) is 10.4. The summed E-state index contributed by atoms with van der Waals surface area (Å²) in [5, 5.41) is 22.9. The Balaban J connectivity index is 2.05. The van der Waals surface area contributed by atoms with Gasteiger partial charge in [0.25, 0.3) is 0 Å². The molecule has 0 bridgehead atoms. The monoisotopic (exact) mass is 324 g/mol. The SMILES string of the molecule is O=C(/C=C/c1ccc([N+](=O)[O-])s1)Nc1cc(Cl)ccc1O. The third-order valence-corrected chi connectivity index (χ3v) is 3.65. The Kier molecular flexibility index (Phi) is 4.56. The number of halogens is 1. The van der Waals surface area contributed by atoms with E-state index in [4.69, 9.17) is 11.6 Å². The average Bonchev–Trinajstić information content (AvgIpc) is 2.90. The van der Waals surface area contributed by atoms with Crippen LogP contribution in [0.1, 0.15) is 4.88 Å². The van der Waals surface area contributed by atoms with Gasteiger partial charge in [-0.1, -0.05) is 22.9 Å². The molecule has 6 nitrogen and oxygen atoms in total. The summed E-state index contributed by atoms with van der Waals surface area (Å²) in [4.78, 5) is 22.3. The van der Waals surface area contributed by atoms with Crippen LogP contribution in [0.15, 0.2) is 36.4 Å². The molecule has 0 aliphatic carbocycles. The van der Waals surface area contributed by atoms with E-state index in [9.17, 15) is 20.0 Å². The molecule has 2 aromatic rings. The number of carbonyl (C=O) groups excluding carboxylic acids is 1. The first-order valence-corrected chi connectivity index (χ1v) is 6.87. The smallest absolute Gasteiger partial charge is 0.324 e. The van der Waals surface area contributed by atoms with Crippen molar-refractivity contribution in [1.29, 1.82) is 0 Å². The fourth-order valence-corrected chi connectivity index (χ4v) is 2.37. The summed E-state index contributed by atoms with van der Waals surface area (Å²) in [6.45, 7) is 0. The van der Waals surface area contributed by atoms with Crippen LogP contribution in [-0.2, 0) is 4.79 Å². The molecule has 0 radical (unpaired) electrons. The number of hydrogen-bond acceptors (Lipinski definition) is 5. The molecular formula is C13H9ClN2O4S. The predicted octanol–water partition coefficient (Wildman–Crippen LogP) is 3.67. The van der Waals surface area contributed by atoms with E-state index in [1.807, 2.05) is 0 Å². The Labute approximate surface area is 128 Å². The van der Waals surface area contributed by atoms with Crippen molar-refractivity contribution in [3.8, 4) is 5.75 Å². The summed E-state index contributed by atoms with van der Waals surface area (Å²) >= 11 is 6.72. The molecule has 108 valence electrons. The first kappa shape index (κ1) is 15.0. The number of amides is 1. The van der Waals surface area contributed by atoms with Crippen LogP contribution in [0.4, 0.5) is 10.7 Å². The van der Waals surface area contributed by atoms with Gasteiger partial charge in [-0.2, -0.15) is 0 Å². The van der Waals surface area contributed by atoms with Crippen molar-refractivity contribution in [1.82, 2.24) is 0 Å². The lowest BCUT2D eigenvalue weighted by Crippen LogP contribution is -2.07. The molecule has 2 rings (SSSR count). The van der Waals surface area contributed by atoms with Gasteiger partial charge in [0.05, 0.1) is 10.6 Å². The molecular weight excluding hydrogens is 316 g/mol. The van der Waals surface area contributed by atoms with Gasteiger partial charge in [0.1, 0.15) is 5.75 Å². The van der Waals surface area contributed by atoms with E-state index in [2.05, 4.69) is 5.32 Å². The lowest BCUT2D eigenvalue weighted by Gasteiger charge is -2.05. The summed E-state index contributed by atoms with van der Waals surface area (Å²) in [5.41, 5.74) is 0.189. The van der Waals surface area contributed by atoms with Crippen LogP contribution in [0, 0.1) is 10.1 Å².